The number of aromatic amines is 1. The van der Waals surface area contributed by atoms with Gasteiger partial charge in [0.05, 0.1) is 24.3 Å². The van der Waals surface area contributed by atoms with E-state index in [0.29, 0.717) is 28.9 Å². The van der Waals surface area contributed by atoms with Gasteiger partial charge in [-0.25, -0.2) is 13.6 Å². The average molecular weight is 505 g/mol. The van der Waals surface area contributed by atoms with E-state index in [1.54, 1.807) is 18.2 Å². The number of carboxylic acid groups (broad SMARTS) is 1. The van der Waals surface area contributed by atoms with Crippen LogP contribution in [-0.2, 0) is 6.42 Å². The van der Waals surface area contributed by atoms with Gasteiger partial charge in [-0.3, -0.25) is 4.90 Å². The first-order valence-electron chi connectivity index (χ1n) is 12.3. The fraction of sp³-hybridized carbons (Fsp3) is 0.300. The third kappa shape index (κ3) is 4.60. The number of nitrogens with zero attached hydrogens (tertiary/aromatic N) is 1. The molecule has 7 heteroatoms. The van der Waals surface area contributed by atoms with Crippen molar-refractivity contribution >= 4 is 16.9 Å². The Labute approximate surface area is 214 Å². The van der Waals surface area contributed by atoms with E-state index in [-0.39, 0.29) is 18.2 Å². The minimum atomic E-state index is -1.49. The van der Waals surface area contributed by atoms with Gasteiger partial charge < -0.3 is 14.8 Å². The van der Waals surface area contributed by atoms with Gasteiger partial charge in [0.2, 0.25) is 0 Å². The second-order valence-electron chi connectivity index (χ2n) is 10.4. The normalized spacial score (nSPS) is 18.1. The predicted octanol–water partition coefficient (Wildman–Crippen LogP) is 6.76. The highest BCUT2D eigenvalue weighted by Crippen LogP contribution is 2.46. The van der Waals surface area contributed by atoms with Crippen LogP contribution in [0.2, 0.25) is 0 Å². The number of nitrogens with one attached hydrogen (secondary N) is 1. The standard InChI is InChI=1S/C30H30F2N2O3/c1-17-13-22-21-7-5-6-8-24(21)33-27(22)28(34(17)16-30(2,3)32)26-23(31)14-20(15-25(26)37-4)18-9-11-19(12-10-18)29(35)36/h5-12,14-15,17,28,33H,13,16H2,1-4H3,(H,35,36)/t17-,28-/m1/s1. The lowest BCUT2D eigenvalue weighted by Crippen LogP contribution is -2.48. The molecule has 0 bridgehead atoms. The summed E-state index contributed by atoms with van der Waals surface area (Å²) >= 11 is 0. The minimum absolute atomic E-state index is 0.0425. The van der Waals surface area contributed by atoms with E-state index in [0.717, 1.165) is 22.2 Å². The summed E-state index contributed by atoms with van der Waals surface area (Å²) in [7, 11) is 1.50. The number of carbonyl (C=O) groups is 1. The third-order valence-corrected chi connectivity index (χ3v) is 7.13. The molecule has 3 aromatic carbocycles. The van der Waals surface area contributed by atoms with Crippen molar-refractivity contribution in [2.45, 2.75) is 44.9 Å². The maximum absolute atomic E-state index is 16.1. The summed E-state index contributed by atoms with van der Waals surface area (Å²) in [6.45, 7) is 5.24. The molecule has 5 rings (SSSR count). The van der Waals surface area contributed by atoms with Crippen molar-refractivity contribution in [3.8, 4) is 16.9 Å². The SMILES string of the molecule is COc1cc(-c2ccc(C(=O)O)cc2)cc(F)c1[C@@H]1c2[nH]c3ccccc3c2C[C@@H](C)N1CC(C)(C)F. The molecule has 0 amide bonds. The lowest BCUT2D eigenvalue weighted by atomic mass is 9.86. The molecular weight excluding hydrogens is 474 g/mol. The van der Waals surface area contributed by atoms with E-state index in [1.807, 2.05) is 30.0 Å². The van der Waals surface area contributed by atoms with Crippen molar-refractivity contribution < 1.29 is 23.4 Å². The van der Waals surface area contributed by atoms with Gasteiger partial charge in [0.15, 0.2) is 0 Å². The number of methoxy groups -OCH3 is 1. The Balaban J connectivity index is 1.69. The number of benzene rings is 3. The molecule has 0 fully saturated rings. The van der Waals surface area contributed by atoms with Gasteiger partial charge in [-0.1, -0.05) is 30.3 Å². The number of rotatable bonds is 6. The van der Waals surface area contributed by atoms with Gasteiger partial charge in [-0.15, -0.1) is 0 Å². The van der Waals surface area contributed by atoms with Crippen LogP contribution in [0.1, 0.15) is 54.0 Å². The van der Waals surface area contributed by atoms with E-state index in [2.05, 4.69) is 11.1 Å². The van der Waals surface area contributed by atoms with Crippen LogP contribution in [0.15, 0.2) is 60.7 Å². The molecule has 2 N–H and O–H groups in total. The van der Waals surface area contributed by atoms with Gasteiger partial charge in [0.1, 0.15) is 17.2 Å². The second-order valence-corrected chi connectivity index (χ2v) is 10.4. The summed E-state index contributed by atoms with van der Waals surface area (Å²) in [5.74, 6) is -1.15. The third-order valence-electron chi connectivity index (χ3n) is 7.13. The highest BCUT2D eigenvalue weighted by molar-refractivity contribution is 5.88. The van der Waals surface area contributed by atoms with Crippen LogP contribution in [0.25, 0.3) is 22.0 Å². The molecule has 37 heavy (non-hydrogen) atoms. The summed E-state index contributed by atoms with van der Waals surface area (Å²) in [4.78, 5) is 16.7. The highest BCUT2D eigenvalue weighted by Gasteiger charge is 2.41. The predicted molar refractivity (Wildman–Crippen MR) is 141 cm³/mol. The van der Waals surface area contributed by atoms with Gasteiger partial charge in [0.25, 0.3) is 0 Å². The van der Waals surface area contributed by atoms with Crippen molar-refractivity contribution in [2.75, 3.05) is 13.7 Å². The molecule has 2 atom stereocenters. The number of halogens is 2. The Hall–Kier alpha value is -3.71. The monoisotopic (exact) mass is 504 g/mol. The van der Waals surface area contributed by atoms with E-state index < -0.39 is 23.5 Å². The number of carboxylic acids is 1. The fourth-order valence-corrected chi connectivity index (χ4v) is 5.50. The van der Waals surface area contributed by atoms with Crippen LogP contribution >= 0.6 is 0 Å². The first-order chi connectivity index (χ1) is 17.6. The summed E-state index contributed by atoms with van der Waals surface area (Å²) in [6.07, 6.45) is 0.712. The minimum Gasteiger partial charge on any atom is -0.496 e. The van der Waals surface area contributed by atoms with Crippen molar-refractivity contribution in [1.29, 1.82) is 0 Å². The Morgan fingerprint density at radius 2 is 1.84 bits per heavy atom. The molecular formula is C30H30F2N2O3. The molecule has 4 aromatic rings. The fourth-order valence-electron chi connectivity index (χ4n) is 5.50. The zero-order valence-corrected chi connectivity index (χ0v) is 21.3. The lowest BCUT2D eigenvalue weighted by Gasteiger charge is -2.43. The first-order valence-corrected chi connectivity index (χ1v) is 12.3. The van der Waals surface area contributed by atoms with Crippen LogP contribution in [-0.4, -0.2) is 46.3 Å². The van der Waals surface area contributed by atoms with Crippen molar-refractivity contribution in [2.24, 2.45) is 0 Å². The molecule has 0 spiro atoms. The number of ether oxygens (including phenoxy) is 1. The van der Waals surface area contributed by atoms with Crippen LogP contribution in [0.4, 0.5) is 8.78 Å². The van der Waals surface area contributed by atoms with Crippen LogP contribution in [0.3, 0.4) is 0 Å². The summed E-state index contributed by atoms with van der Waals surface area (Å²) < 4.78 is 36.9. The summed E-state index contributed by atoms with van der Waals surface area (Å²) in [6, 6.07) is 16.8. The number of aromatic nitrogens is 1. The number of fused-ring (bicyclic) bond motifs is 3. The maximum atomic E-state index is 16.1. The zero-order chi connectivity index (χ0) is 26.5. The molecule has 1 aliphatic rings. The van der Waals surface area contributed by atoms with Crippen molar-refractivity contribution in [3.05, 3.63) is 88.9 Å². The number of hydrogen-bond acceptors (Lipinski definition) is 3. The molecule has 2 heterocycles. The first kappa shape index (κ1) is 25.0. The quantitative estimate of drug-likeness (QED) is 0.304. The second kappa shape index (κ2) is 9.30. The van der Waals surface area contributed by atoms with Crippen molar-refractivity contribution in [1.82, 2.24) is 9.88 Å². The summed E-state index contributed by atoms with van der Waals surface area (Å²) in [5.41, 5.74) is 3.14. The molecule has 0 saturated carbocycles. The van der Waals surface area contributed by atoms with Crippen LogP contribution < -0.4 is 4.74 Å². The van der Waals surface area contributed by atoms with Gasteiger partial charge in [-0.2, -0.15) is 0 Å². The van der Waals surface area contributed by atoms with E-state index >= 15 is 8.78 Å². The average Bonchev–Trinajstić information content (AvgIpc) is 3.22. The van der Waals surface area contributed by atoms with E-state index in [4.69, 9.17) is 4.74 Å². The Kier molecular flexibility index (Phi) is 6.28. The Morgan fingerprint density at radius 3 is 2.49 bits per heavy atom. The number of H-pyrrole nitrogens is 1. The van der Waals surface area contributed by atoms with E-state index in [1.165, 1.54) is 39.2 Å². The molecule has 0 saturated heterocycles. The topological polar surface area (TPSA) is 65.6 Å². The molecule has 1 aliphatic heterocycles. The molecule has 0 aliphatic carbocycles. The van der Waals surface area contributed by atoms with E-state index in [9.17, 15) is 9.90 Å². The highest BCUT2D eigenvalue weighted by atomic mass is 19.1. The zero-order valence-electron chi connectivity index (χ0n) is 21.3. The molecule has 5 nitrogen and oxygen atoms in total. The van der Waals surface area contributed by atoms with Crippen LogP contribution in [0, 0.1) is 5.82 Å². The largest absolute Gasteiger partial charge is 0.496 e. The van der Waals surface area contributed by atoms with Gasteiger partial charge in [-0.05, 0) is 74.2 Å². The molecule has 1 aromatic heterocycles. The number of aromatic carboxylic acids is 1. The lowest BCUT2D eigenvalue weighted by molar-refractivity contribution is 0.0646. The van der Waals surface area contributed by atoms with Crippen molar-refractivity contribution in [3.63, 3.8) is 0 Å². The number of hydrogen-bond donors (Lipinski definition) is 2. The molecule has 192 valence electrons. The van der Waals surface area contributed by atoms with Gasteiger partial charge in [0, 0.05) is 29.2 Å². The molecule has 0 unspecified atom stereocenters. The Morgan fingerprint density at radius 1 is 1.14 bits per heavy atom. The number of para-hydroxylation sites is 1. The smallest absolute Gasteiger partial charge is 0.335 e. The molecule has 0 radical (unpaired) electrons. The number of alkyl halides is 1. The van der Waals surface area contributed by atoms with Gasteiger partial charge >= 0.3 is 5.97 Å². The Bertz CT molecular complexity index is 1470. The maximum Gasteiger partial charge on any atom is 0.335 e. The van der Waals surface area contributed by atoms with Crippen LogP contribution in [0.5, 0.6) is 5.75 Å². The summed E-state index contributed by atoms with van der Waals surface area (Å²) in [5, 5.41) is 10.3.